The quantitative estimate of drug-likeness (QED) is 0.839. The number of ether oxygens (including phenoxy) is 2. The molecule has 0 aliphatic rings. The average molecular weight is 243 g/mol. The van der Waals surface area contributed by atoms with Gasteiger partial charge in [0.1, 0.15) is 18.1 Å². The molecule has 0 saturated heterocycles. The first-order chi connectivity index (χ1) is 8.69. The maximum atomic E-state index is 5.76. The van der Waals surface area contributed by atoms with Crippen LogP contribution >= 0.6 is 0 Å². The summed E-state index contributed by atoms with van der Waals surface area (Å²) in [5.41, 5.74) is 8.62. The van der Waals surface area contributed by atoms with Gasteiger partial charge in [0, 0.05) is 11.3 Å². The minimum atomic E-state index is 0.442. The zero-order valence-corrected chi connectivity index (χ0v) is 10.6. The van der Waals surface area contributed by atoms with Crippen molar-refractivity contribution in [2.75, 3.05) is 12.8 Å². The first-order valence-corrected chi connectivity index (χ1v) is 5.81. The first-order valence-electron chi connectivity index (χ1n) is 5.81. The number of methoxy groups -OCH3 is 1. The molecule has 18 heavy (non-hydrogen) atoms. The third-order valence-corrected chi connectivity index (χ3v) is 2.72. The molecule has 94 valence electrons. The lowest BCUT2D eigenvalue weighted by Crippen LogP contribution is -2.00. The number of rotatable bonds is 4. The predicted molar refractivity (Wildman–Crippen MR) is 72.9 cm³/mol. The molecule has 3 heteroatoms. The molecule has 2 aromatic rings. The van der Waals surface area contributed by atoms with E-state index in [0.717, 1.165) is 17.1 Å². The predicted octanol–water partition coefficient (Wildman–Crippen LogP) is 3.16. The minimum absolute atomic E-state index is 0.442. The molecule has 2 aromatic carbocycles. The molecule has 0 fully saturated rings. The summed E-state index contributed by atoms with van der Waals surface area (Å²) >= 11 is 0. The van der Waals surface area contributed by atoms with E-state index in [9.17, 15) is 0 Å². The number of nitrogen functional groups attached to an aromatic ring is 1. The van der Waals surface area contributed by atoms with Gasteiger partial charge < -0.3 is 15.2 Å². The van der Waals surface area contributed by atoms with E-state index in [0.29, 0.717) is 12.3 Å². The fraction of sp³-hybridized carbons (Fsp3) is 0.200. The molecule has 0 aromatic heterocycles. The summed E-state index contributed by atoms with van der Waals surface area (Å²) < 4.78 is 11.0. The van der Waals surface area contributed by atoms with Gasteiger partial charge in [-0.05, 0) is 37.3 Å². The van der Waals surface area contributed by atoms with E-state index in [4.69, 9.17) is 15.2 Å². The maximum absolute atomic E-state index is 5.76. The van der Waals surface area contributed by atoms with Crippen molar-refractivity contribution in [2.45, 2.75) is 13.5 Å². The van der Waals surface area contributed by atoms with Gasteiger partial charge in [-0.15, -0.1) is 0 Å². The van der Waals surface area contributed by atoms with Crippen molar-refractivity contribution >= 4 is 5.69 Å². The molecule has 0 atom stereocenters. The summed E-state index contributed by atoms with van der Waals surface area (Å²) in [6.07, 6.45) is 0. The van der Waals surface area contributed by atoms with Gasteiger partial charge >= 0.3 is 0 Å². The van der Waals surface area contributed by atoms with Crippen LogP contribution in [0.25, 0.3) is 0 Å². The molecule has 2 rings (SSSR count). The van der Waals surface area contributed by atoms with E-state index >= 15 is 0 Å². The highest BCUT2D eigenvalue weighted by atomic mass is 16.5. The summed E-state index contributed by atoms with van der Waals surface area (Å²) in [5, 5.41) is 0. The van der Waals surface area contributed by atoms with Crippen LogP contribution in [0.4, 0.5) is 5.69 Å². The van der Waals surface area contributed by atoms with Crippen molar-refractivity contribution in [1.29, 1.82) is 0 Å². The Balaban J connectivity index is 2.09. The molecule has 0 radical (unpaired) electrons. The molecule has 0 bridgehead atoms. The standard InChI is InChI=1S/C15H17NO2/c1-11-3-6-14(7-4-11)18-10-12-9-13(16)5-8-15(12)17-2/h3-9H,10,16H2,1-2H3. The Kier molecular flexibility index (Phi) is 3.72. The number of nitrogens with two attached hydrogens (primary N) is 1. The molecule has 0 heterocycles. The van der Waals surface area contributed by atoms with Crippen LogP contribution in [0.2, 0.25) is 0 Å². The maximum Gasteiger partial charge on any atom is 0.125 e. The number of aryl methyl sites for hydroxylation is 1. The van der Waals surface area contributed by atoms with Crippen LogP contribution in [0.3, 0.4) is 0 Å². The summed E-state index contributed by atoms with van der Waals surface area (Å²) in [5.74, 6) is 1.63. The van der Waals surface area contributed by atoms with Crippen molar-refractivity contribution in [2.24, 2.45) is 0 Å². The van der Waals surface area contributed by atoms with E-state index in [-0.39, 0.29) is 0 Å². The van der Waals surface area contributed by atoms with E-state index in [2.05, 4.69) is 0 Å². The third kappa shape index (κ3) is 2.94. The van der Waals surface area contributed by atoms with Crippen molar-refractivity contribution in [3.63, 3.8) is 0 Å². The van der Waals surface area contributed by atoms with E-state index < -0.39 is 0 Å². The second kappa shape index (κ2) is 5.45. The van der Waals surface area contributed by atoms with Crippen LogP contribution in [-0.4, -0.2) is 7.11 Å². The highest BCUT2D eigenvalue weighted by molar-refractivity contribution is 5.47. The summed E-state index contributed by atoms with van der Waals surface area (Å²) in [7, 11) is 1.64. The normalized spacial score (nSPS) is 10.1. The van der Waals surface area contributed by atoms with Crippen LogP contribution < -0.4 is 15.2 Å². The molecule has 2 N–H and O–H groups in total. The number of hydrogen-bond acceptors (Lipinski definition) is 3. The zero-order chi connectivity index (χ0) is 13.0. The summed E-state index contributed by atoms with van der Waals surface area (Å²) in [6.45, 7) is 2.49. The lowest BCUT2D eigenvalue weighted by Gasteiger charge is -2.11. The highest BCUT2D eigenvalue weighted by Crippen LogP contribution is 2.23. The van der Waals surface area contributed by atoms with Crippen molar-refractivity contribution in [3.05, 3.63) is 53.6 Å². The molecule has 0 amide bonds. The van der Waals surface area contributed by atoms with E-state index in [1.165, 1.54) is 5.56 Å². The van der Waals surface area contributed by atoms with E-state index in [1.807, 2.05) is 49.4 Å². The number of anilines is 1. The van der Waals surface area contributed by atoms with Gasteiger partial charge in [-0.2, -0.15) is 0 Å². The molecular weight excluding hydrogens is 226 g/mol. The van der Waals surface area contributed by atoms with Crippen LogP contribution in [0, 0.1) is 6.92 Å². The molecule has 3 nitrogen and oxygen atoms in total. The first kappa shape index (κ1) is 12.3. The zero-order valence-electron chi connectivity index (χ0n) is 10.6. The van der Waals surface area contributed by atoms with Gasteiger partial charge in [0.25, 0.3) is 0 Å². The Labute approximate surface area is 107 Å². The van der Waals surface area contributed by atoms with Gasteiger partial charge in [0.2, 0.25) is 0 Å². The molecular formula is C15H17NO2. The second-order valence-corrected chi connectivity index (χ2v) is 4.17. The number of benzene rings is 2. The Morgan fingerprint density at radius 2 is 1.78 bits per heavy atom. The lowest BCUT2D eigenvalue weighted by molar-refractivity contribution is 0.296. The van der Waals surface area contributed by atoms with Crippen LogP contribution in [0.15, 0.2) is 42.5 Å². The smallest absolute Gasteiger partial charge is 0.125 e. The minimum Gasteiger partial charge on any atom is -0.496 e. The van der Waals surface area contributed by atoms with Gasteiger partial charge in [-0.1, -0.05) is 17.7 Å². The SMILES string of the molecule is COc1ccc(N)cc1COc1ccc(C)cc1. The van der Waals surface area contributed by atoms with E-state index in [1.54, 1.807) is 7.11 Å². The van der Waals surface area contributed by atoms with Gasteiger partial charge in [-0.3, -0.25) is 0 Å². The van der Waals surface area contributed by atoms with Crippen LogP contribution in [0.1, 0.15) is 11.1 Å². The van der Waals surface area contributed by atoms with Crippen molar-refractivity contribution < 1.29 is 9.47 Å². The molecule has 0 aliphatic carbocycles. The highest BCUT2D eigenvalue weighted by Gasteiger charge is 2.04. The van der Waals surface area contributed by atoms with Gasteiger partial charge in [-0.25, -0.2) is 0 Å². The Morgan fingerprint density at radius 1 is 1.06 bits per heavy atom. The summed E-state index contributed by atoms with van der Waals surface area (Å²) in [6, 6.07) is 13.5. The fourth-order valence-electron chi connectivity index (χ4n) is 1.71. The van der Waals surface area contributed by atoms with Crippen LogP contribution in [-0.2, 0) is 6.61 Å². The van der Waals surface area contributed by atoms with Crippen LogP contribution in [0.5, 0.6) is 11.5 Å². The van der Waals surface area contributed by atoms with Gasteiger partial charge in [0.05, 0.1) is 7.11 Å². The Hall–Kier alpha value is -2.16. The Bertz CT molecular complexity index is 521. The average Bonchev–Trinajstić information content (AvgIpc) is 2.38. The van der Waals surface area contributed by atoms with Crippen molar-refractivity contribution in [3.8, 4) is 11.5 Å². The summed E-state index contributed by atoms with van der Waals surface area (Å²) in [4.78, 5) is 0. The molecule has 0 unspecified atom stereocenters. The molecule has 0 saturated carbocycles. The molecule has 0 spiro atoms. The Morgan fingerprint density at radius 3 is 2.44 bits per heavy atom. The topological polar surface area (TPSA) is 44.5 Å². The molecule has 0 aliphatic heterocycles. The monoisotopic (exact) mass is 243 g/mol. The van der Waals surface area contributed by atoms with Gasteiger partial charge in [0.15, 0.2) is 0 Å². The third-order valence-electron chi connectivity index (χ3n) is 2.72. The second-order valence-electron chi connectivity index (χ2n) is 4.17. The number of hydrogen-bond donors (Lipinski definition) is 1. The van der Waals surface area contributed by atoms with Crippen molar-refractivity contribution in [1.82, 2.24) is 0 Å². The largest absolute Gasteiger partial charge is 0.496 e. The fourth-order valence-corrected chi connectivity index (χ4v) is 1.71. The lowest BCUT2D eigenvalue weighted by atomic mass is 10.2.